The Balaban J connectivity index is 1.70. The molecule has 4 rings (SSSR count). The van der Waals surface area contributed by atoms with E-state index < -0.39 is 0 Å². The van der Waals surface area contributed by atoms with Gasteiger partial charge in [-0.3, -0.25) is 4.79 Å². The standard InChI is InChI=1S/C15H22O/c1-10(9-16)5-4-6-14(2)11-7-12-13(8-11)15(12,14)3/h5,9,11-13H,4,6-8H2,1-3H3/b10-5-/t11?,12?,13?,14-,15?/m1/s1. The Bertz CT molecular complexity index is 356. The van der Waals surface area contributed by atoms with E-state index in [0.717, 1.165) is 36.0 Å². The first-order chi connectivity index (χ1) is 7.54. The van der Waals surface area contributed by atoms with Gasteiger partial charge in [0.15, 0.2) is 0 Å². The highest BCUT2D eigenvalue weighted by molar-refractivity contribution is 5.71. The predicted octanol–water partition coefficient (Wildman–Crippen LogP) is 3.59. The summed E-state index contributed by atoms with van der Waals surface area (Å²) in [6.45, 7) is 6.94. The number of carbonyl (C=O) groups excluding carboxylic acids is 1. The molecule has 4 aliphatic rings. The van der Waals surface area contributed by atoms with Crippen LogP contribution in [0.5, 0.6) is 0 Å². The van der Waals surface area contributed by atoms with Crippen molar-refractivity contribution in [2.75, 3.05) is 0 Å². The van der Waals surface area contributed by atoms with Crippen LogP contribution in [-0.2, 0) is 4.79 Å². The second kappa shape index (κ2) is 3.00. The summed E-state index contributed by atoms with van der Waals surface area (Å²) in [4.78, 5) is 10.6. The minimum Gasteiger partial charge on any atom is -0.298 e. The van der Waals surface area contributed by atoms with Crippen molar-refractivity contribution in [2.45, 2.75) is 46.5 Å². The van der Waals surface area contributed by atoms with Crippen LogP contribution in [0.2, 0.25) is 0 Å². The van der Waals surface area contributed by atoms with Gasteiger partial charge < -0.3 is 0 Å². The molecule has 0 saturated heterocycles. The molecule has 4 fully saturated rings. The first-order valence-corrected chi connectivity index (χ1v) is 6.66. The second-order valence-electron chi connectivity index (χ2n) is 6.69. The third-order valence-corrected chi connectivity index (χ3v) is 6.44. The molecule has 0 aromatic carbocycles. The monoisotopic (exact) mass is 218 g/mol. The smallest absolute Gasteiger partial charge is 0.145 e. The molecule has 88 valence electrons. The molecule has 4 aliphatic carbocycles. The topological polar surface area (TPSA) is 17.1 Å². The van der Waals surface area contributed by atoms with E-state index in [1.165, 1.54) is 19.3 Å². The summed E-state index contributed by atoms with van der Waals surface area (Å²) in [5.74, 6) is 3.09. The lowest BCUT2D eigenvalue weighted by atomic mass is 9.71. The van der Waals surface area contributed by atoms with Crippen molar-refractivity contribution in [1.82, 2.24) is 0 Å². The zero-order valence-electron chi connectivity index (χ0n) is 10.6. The summed E-state index contributed by atoms with van der Waals surface area (Å²) >= 11 is 0. The number of aldehydes is 1. The largest absolute Gasteiger partial charge is 0.298 e. The average Bonchev–Trinajstić information content (AvgIpc) is 2.62. The number of hydrogen-bond acceptors (Lipinski definition) is 1. The van der Waals surface area contributed by atoms with Gasteiger partial charge in [-0.1, -0.05) is 19.9 Å². The van der Waals surface area contributed by atoms with Crippen molar-refractivity contribution < 1.29 is 4.79 Å². The molecule has 0 heterocycles. The summed E-state index contributed by atoms with van der Waals surface area (Å²) < 4.78 is 0. The van der Waals surface area contributed by atoms with Gasteiger partial charge in [-0.05, 0) is 66.8 Å². The van der Waals surface area contributed by atoms with Gasteiger partial charge in [-0.25, -0.2) is 0 Å². The highest BCUT2D eigenvalue weighted by Crippen LogP contribution is 2.87. The number of allylic oxidation sites excluding steroid dienone is 2. The molecule has 3 atom stereocenters. The lowest BCUT2D eigenvalue weighted by Crippen LogP contribution is -2.26. The summed E-state index contributed by atoms with van der Waals surface area (Å²) in [7, 11) is 0. The third kappa shape index (κ3) is 1.00. The minimum absolute atomic E-state index is 0.571. The van der Waals surface area contributed by atoms with E-state index in [1.54, 1.807) is 0 Å². The van der Waals surface area contributed by atoms with Gasteiger partial charge in [0.05, 0.1) is 0 Å². The van der Waals surface area contributed by atoms with Gasteiger partial charge in [0.25, 0.3) is 0 Å². The van der Waals surface area contributed by atoms with E-state index in [1.807, 2.05) is 6.92 Å². The molecule has 1 nitrogen and oxygen atoms in total. The SMILES string of the molecule is C/C(C=O)=C/CC[C@]1(C)C2CC3C(C2)C31C. The molecule has 2 unspecified atom stereocenters. The molecule has 16 heavy (non-hydrogen) atoms. The van der Waals surface area contributed by atoms with E-state index >= 15 is 0 Å². The van der Waals surface area contributed by atoms with Crippen LogP contribution in [0.1, 0.15) is 46.5 Å². The maximum absolute atomic E-state index is 10.6. The summed E-state index contributed by atoms with van der Waals surface area (Å²) in [5.41, 5.74) is 2.13. The van der Waals surface area contributed by atoms with Crippen molar-refractivity contribution in [3.8, 4) is 0 Å². The van der Waals surface area contributed by atoms with Gasteiger partial charge in [0.2, 0.25) is 0 Å². The first-order valence-electron chi connectivity index (χ1n) is 6.66. The fourth-order valence-corrected chi connectivity index (χ4v) is 5.15. The van der Waals surface area contributed by atoms with Crippen LogP contribution in [0.25, 0.3) is 0 Å². The zero-order valence-corrected chi connectivity index (χ0v) is 10.6. The van der Waals surface area contributed by atoms with E-state index in [9.17, 15) is 4.79 Å². The normalized spacial score (nSPS) is 53.2. The Morgan fingerprint density at radius 2 is 1.94 bits per heavy atom. The van der Waals surface area contributed by atoms with Gasteiger partial charge in [-0.2, -0.15) is 0 Å². The van der Waals surface area contributed by atoms with Crippen LogP contribution >= 0.6 is 0 Å². The fraction of sp³-hybridized carbons (Fsp3) is 0.800. The molecular weight excluding hydrogens is 196 g/mol. The van der Waals surface area contributed by atoms with Crippen LogP contribution < -0.4 is 0 Å². The third-order valence-electron chi connectivity index (χ3n) is 6.44. The van der Waals surface area contributed by atoms with Crippen LogP contribution in [0, 0.1) is 28.6 Å². The van der Waals surface area contributed by atoms with Crippen LogP contribution in [-0.4, -0.2) is 6.29 Å². The molecule has 0 radical (unpaired) electrons. The number of hydrogen-bond donors (Lipinski definition) is 0. The van der Waals surface area contributed by atoms with Crippen molar-refractivity contribution in [3.63, 3.8) is 0 Å². The highest BCUT2D eigenvalue weighted by atomic mass is 16.1. The summed E-state index contributed by atoms with van der Waals surface area (Å²) in [6.07, 6.45) is 8.45. The van der Waals surface area contributed by atoms with Crippen LogP contribution in [0.4, 0.5) is 0 Å². The van der Waals surface area contributed by atoms with Gasteiger partial charge in [-0.15, -0.1) is 0 Å². The predicted molar refractivity (Wildman–Crippen MR) is 65.0 cm³/mol. The number of carbonyl (C=O) groups is 1. The Kier molecular flexibility index (Phi) is 1.98. The molecule has 4 bridgehead atoms. The number of rotatable bonds is 4. The van der Waals surface area contributed by atoms with E-state index in [2.05, 4.69) is 19.9 Å². The van der Waals surface area contributed by atoms with Crippen LogP contribution in [0.15, 0.2) is 11.6 Å². The summed E-state index contributed by atoms with van der Waals surface area (Å²) in [6, 6.07) is 0. The zero-order chi connectivity index (χ0) is 11.6. The molecular formula is C15H22O. The lowest BCUT2D eigenvalue weighted by Gasteiger charge is -2.34. The Morgan fingerprint density at radius 3 is 2.38 bits per heavy atom. The molecule has 0 amide bonds. The molecule has 0 spiro atoms. The molecule has 0 aromatic rings. The quantitative estimate of drug-likeness (QED) is 0.520. The van der Waals surface area contributed by atoms with Crippen molar-refractivity contribution in [1.29, 1.82) is 0 Å². The highest BCUT2D eigenvalue weighted by Gasteiger charge is 2.80. The molecule has 0 aliphatic heterocycles. The van der Waals surface area contributed by atoms with Gasteiger partial charge in [0, 0.05) is 0 Å². The van der Waals surface area contributed by atoms with Crippen molar-refractivity contribution >= 4 is 6.29 Å². The van der Waals surface area contributed by atoms with Crippen LogP contribution in [0.3, 0.4) is 0 Å². The molecule has 0 aromatic heterocycles. The Morgan fingerprint density at radius 1 is 1.31 bits per heavy atom. The Hall–Kier alpha value is -0.590. The summed E-state index contributed by atoms with van der Waals surface area (Å²) in [5, 5.41) is 0. The lowest BCUT2D eigenvalue weighted by molar-refractivity contribution is -0.104. The van der Waals surface area contributed by atoms with Gasteiger partial charge >= 0.3 is 0 Å². The average molecular weight is 218 g/mol. The molecule has 1 heteroatoms. The minimum atomic E-state index is 0.571. The Labute approximate surface area is 98.3 Å². The van der Waals surface area contributed by atoms with E-state index in [0.29, 0.717) is 10.8 Å². The van der Waals surface area contributed by atoms with Gasteiger partial charge in [0.1, 0.15) is 6.29 Å². The molecule has 0 N–H and O–H groups in total. The van der Waals surface area contributed by atoms with E-state index in [-0.39, 0.29) is 0 Å². The molecule has 4 saturated carbocycles. The van der Waals surface area contributed by atoms with Crippen molar-refractivity contribution in [2.24, 2.45) is 28.6 Å². The maximum Gasteiger partial charge on any atom is 0.145 e. The van der Waals surface area contributed by atoms with Crippen molar-refractivity contribution in [3.05, 3.63) is 11.6 Å². The first kappa shape index (κ1) is 10.6. The maximum atomic E-state index is 10.6. The fourth-order valence-electron chi connectivity index (χ4n) is 5.15. The second-order valence-corrected chi connectivity index (χ2v) is 6.69. The van der Waals surface area contributed by atoms with E-state index in [4.69, 9.17) is 0 Å².